The maximum Gasteiger partial charge on any atom is 0.305 e. The van der Waals surface area contributed by atoms with Crippen LogP contribution in [0.15, 0.2) is 36.5 Å². The molecule has 2 unspecified atom stereocenters. The van der Waals surface area contributed by atoms with Gasteiger partial charge in [0.1, 0.15) is 0 Å². The molecule has 0 aliphatic rings. The highest BCUT2D eigenvalue weighted by Gasteiger charge is 2.20. The van der Waals surface area contributed by atoms with Gasteiger partial charge in [-0.15, -0.1) is 0 Å². The summed E-state index contributed by atoms with van der Waals surface area (Å²) in [6, 6.07) is -0.562. The second-order valence-electron chi connectivity index (χ2n) is 18.9. The smallest absolute Gasteiger partial charge is 0.305 e. The summed E-state index contributed by atoms with van der Waals surface area (Å²) >= 11 is 0. The Morgan fingerprint density at radius 2 is 0.810 bits per heavy atom. The van der Waals surface area contributed by atoms with Gasteiger partial charge in [0.2, 0.25) is 5.91 Å². The Morgan fingerprint density at radius 1 is 0.444 bits per heavy atom. The Kier molecular flexibility index (Phi) is 51.1. The quantitative estimate of drug-likeness (QED) is 0.0321. The number of carbonyl (C=O) groups excluding carboxylic acids is 2. The highest BCUT2D eigenvalue weighted by molar-refractivity contribution is 5.76. The fourth-order valence-corrected chi connectivity index (χ4v) is 8.36. The van der Waals surface area contributed by atoms with Crippen molar-refractivity contribution in [1.29, 1.82) is 0 Å². The van der Waals surface area contributed by atoms with Crippen molar-refractivity contribution in [1.82, 2.24) is 5.32 Å². The van der Waals surface area contributed by atoms with Crippen molar-refractivity contribution in [2.24, 2.45) is 0 Å². The second kappa shape index (κ2) is 52.7. The molecule has 6 heteroatoms. The lowest BCUT2D eigenvalue weighted by Gasteiger charge is -2.22. The first kappa shape index (κ1) is 61.1. The first-order valence-electron chi connectivity index (χ1n) is 27.7. The summed E-state index contributed by atoms with van der Waals surface area (Å²) in [7, 11) is 0. The molecule has 63 heavy (non-hydrogen) atoms. The molecular weight excluding hydrogens is 779 g/mol. The van der Waals surface area contributed by atoms with E-state index in [0.717, 1.165) is 89.9 Å². The molecule has 3 N–H and O–H groups in total. The van der Waals surface area contributed by atoms with Crippen LogP contribution in [0.2, 0.25) is 0 Å². The third-order valence-electron chi connectivity index (χ3n) is 12.7. The van der Waals surface area contributed by atoms with Gasteiger partial charge in [-0.2, -0.15) is 0 Å². The van der Waals surface area contributed by atoms with E-state index in [1.165, 1.54) is 167 Å². The van der Waals surface area contributed by atoms with E-state index in [-0.39, 0.29) is 18.5 Å². The zero-order chi connectivity index (χ0) is 45.8. The molecule has 0 aromatic rings. The van der Waals surface area contributed by atoms with Gasteiger partial charge in [-0.05, 0) is 83.5 Å². The van der Waals surface area contributed by atoms with E-state index < -0.39 is 12.1 Å². The monoisotopic (exact) mass is 886 g/mol. The fraction of sp³-hybridized carbons (Fsp3) is 0.860. The number of esters is 1. The van der Waals surface area contributed by atoms with E-state index in [1.807, 2.05) is 0 Å². The van der Waals surface area contributed by atoms with E-state index in [0.29, 0.717) is 25.9 Å². The predicted molar refractivity (Wildman–Crippen MR) is 273 cm³/mol. The number of nitrogens with one attached hydrogen (secondary N) is 1. The molecule has 6 nitrogen and oxygen atoms in total. The molecule has 0 heterocycles. The van der Waals surface area contributed by atoms with Gasteiger partial charge in [0.05, 0.1) is 25.4 Å². The number of rotatable bonds is 51. The highest BCUT2D eigenvalue weighted by atomic mass is 16.5. The van der Waals surface area contributed by atoms with E-state index in [2.05, 4.69) is 55.6 Å². The van der Waals surface area contributed by atoms with Gasteiger partial charge in [0.15, 0.2) is 0 Å². The summed E-state index contributed by atoms with van der Waals surface area (Å²) in [6.45, 7) is 4.85. The van der Waals surface area contributed by atoms with Gasteiger partial charge in [0.25, 0.3) is 0 Å². The molecule has 0 radical (unpaired) electrons. The number of unbranched alkanes of at least 4 members (excludes halogenated alkanes) is 34. The first-order chi connectivity index (χ1) is 31.0. The molecule has 0 aliphatic carbocycles. The van der Waals surface area contributed by atoms with E-state index in [1.54, 1.807) is 0 Å². The van der Waals surface area contributed by atoms with Gasteiger partial charge >= 0.3 is 5.97 Å². The summed E-state index contributed by atoms with van der Waals surface area (Å²) < 4.78 is 5.44. The summed E-state index contributed by atoms with van der Waals surface area (Å²) in [5, 5.41) is 23.3. The number of allylic oxidation sites excluding steroid dienone is 6. The predicted octanol–water partition coefficient (Wildman–Crippen LogP) is 16.9. The number of ether oxygens (including phenoxy) is 1. The summed E-state index contributed by atoms with van der Waals surface area (Å²) in [4.78, 5) is 24.5. The minimum atomic E-state index is -0.682. The molecule has 0 bridgehead atoms. The maximum atomic E-state index is 12.5. The molecule has 370 valence electrons. The highest BCUT2D eigenvalue weighted by Crippen LogP contribution is 2.17. The molecule has 0 spiro atoms. The van der Waals surface area contributed by atoms with Crippen LogP contribution in [0.3, 0.4) is 0 Å². The van der Waals surface area contributed by atoms with Gasteiger partial charge in [-0.1, -0.05) is 230 Å². The number of aliphatic hydroxyl groups excluding tert-OH is 2. The SMILES string of the molecule is CCCC/C=C\C/C=C\CCCCCCCC(=O)OCCCCC/C=C\CCCCCCCC(=O)NC(CO)C(O)CCCCCCCCCCCCCCCCCCCCCC. The van der Waals surface area contributed by atoms with Crippen molar-refractivity contribution in [3.63, 3.8) is 0 Å². The van der Waals surface area contributed by atoms with Crippen molar-refractivity contribution in [3.05, 3.63) is 36.5 Å². The standard InChI is InChI=1S/C57H107NO5/c1-3-5-7-9-11-13-15-17-19-20-21-22-23-24-25-29-33-37-41-45-49-55(60)54(53-59)58-56(61)50-46-42-38-34-30-27-28-32-36-40-44-48-52-63-57(62)51-47-43-39-35-31-26-18-16-14-12-10-8-6-4-2/h10,12,16,18,28,32,54-55,59-60H,3-9,11,13-15,17,19-27,29-31,33-53H2,1-2H3,(H,58,61)/b12-10-,18-16-,32-28-. The van der Waals surface area contributed by atoms with Crippen LogP contribution in [-0.4, -0.2) is 47.4 Å². The Hall–Kier alpha value is -1.92. The minimum Gasteiger partial charge on any atom is -0.466 e. The van der Waals surface area contributed by atoms with Crippen molar-refractivity contribution < 1.29 is 24.5 Å². The van der Waals surface area contributed by atoms with Gasteiger partial charge < -0.3 is 20.3 Å². The van der Waals surface area contributed by atoms with E-state index >= 15 is 0 Å². The summed E-state index contributed by atoms with van der Waals surface area (Å²) in [5.41, 5.74) is 0. The Labute approximate surface area is 392 Å². The average Bonchev–Trinajstić information content (AvgIpc) is 3.28. The maximum absolute atomic E-state index is 12.5. The van der Waals surface area contributed by atoms with Crippen molar-refractivity contribution in [3.8, 4) is 0 Å². The van der Waals surface area contributed by atoms with Crippen LogP contribution in [0.1, 0.15) is 290 Å². The van der Waals surface area contributed by atoms with Crippen LogP contribution < -0.4 is 5.32 Å². The molecule has 0 fully saturated rings. The van der Waals surface area contributed by atoms with Gasteiger partial charge in [0, 0.05) is 12.8 Å². The van der Waals surface area contributed by atoms with Gasteiger partial charge in [-0.25, -0.2) is 0 Å². The lowest BCUT2D eigenvalue weighted by atomic mass is 10.0. The largest absolute Gasteiger partial charge is 0.466 e. The number of amides is 1. The van der Waals surface area contributed by atoms with Crippen molar-refractivity contribution in [2.75, 3.05) is 13.2 Å². The van der Waals surface area contributed by atoms with Crippen molar-refractivity contribution in [2.45, 2.75) is 302 Å². The molecule has 0 saturated heterocycles. The van der Waals surface area contributed by atoms with Crippen LogP contribution in [0.25, 0.3) is 0 Å². The molecule has 0 aromatic heterocycles. The minimum absolute atomic E-state index is 0.0372. The fourth-order valence-electron chi connectivity index (χ4n) is 8.36. The number of carbonyl (C=O) groups is 2. The van der Waals surface area contributed by atoms with Crippen LogP contribution in [0.5, 0.6) is 0 Å². The molecule has 0 rings (SSSR count). The average molecular weight is 886 g/mol. The second-order valence-corrected chi connectivity index (χ2v) is 18.9. The third kappa shape index (κ3) is 49.4. The lowest BCUT2D eigenvalue weighted by molar-refractivity contribution is -0.143. The van der Waals surface area contributed by atoms with Crippen molar-refractivity contribution >= 4 is 11.9 Å². The zero-order valence-corrected chi connectivity index (χ0v) is 42.1. The van der Waals surface area contributed by atoms with Crippen LogP contribution >= 0.6 is 0 Å². The molecule has 0 saturated carbocycles. The van der Waals surface area contributed by atoms with E-state index in [9.17, 15) is 19.8 Å². The number of hydrogen-bond acceptors (Lipinski definition) is 5. The first-order valence-corrected chi connectivity index (χ1v) is 27.7. The van der Waals surface area contributed by atoms with Crippen LogP contribution in [0.4, 0.5) is 0 Å². The zero-order valence-electron chi connectivity index (χ0n) is 42.1. The molecule has 2 atom stereocenters. The molecule has 1 amide bonds. The summed E-state index contributed by atoms with van der Waals surface area (Å²) in [6.07, 6.45) is 64.1. The molecule has 0 aromatic carbocycles. The number of hydrogen-bond donors (Lipinski definition) is 3. The van der Waals surface area contributed by atoms with Crippen LogP contribution in [0, 0.1) is 0 Å². The number of aliphatic hydroxyl groups is 2. The van der Waals surface area contributed by atoms with Crippen LogP contribution in [-0.2, 0) is 14.3 Å². The third-order valence-corrected chi connectivity index (χ3v) is 12.7. The normalized spacial score (nSPS) is 12.9. The van der Waals surface area contributed by atoms with E-state index in [4.69, 9.17) is 4.74 Å². The van der Waals surface area contributed by atoms with Gasteiger partial charge in [-0.3, -0.25) is 9.59 Å². The molecule has 0 aliphatic heterocycles. The topological polar surface area (TPSA) is 95.9 Å². The Balaban J connectivity index is 3.51. The Bertz CT molecular complexity index is 1020. The molecular formula is C57H107NO5. The lowest BCUT2D eigenvalue weighted by Crippen LogP contribution is -2.45. The summed E-state index contributed by atoms with van der Waals surface area (Å²) in [5.74, 6) is -0.0975. The Morgan fingerprint density at radius 3 is 1.27 bits per heavy atom.